The SMILES string of the molecule is CCCCCCC1CCC(c2ccccc2C(=O)Oc2sc(F)c(F)c2C(F)F)CC1. The molecule has 0 aliphatic heterocycles. The van der Waals surface area contributed by atoms with Gasteiger partial charge >= 0.3 is 5.97 Å². The standard InChI is InChI=1S/C24H28F4O2S/c1-2-3-4-5-8-15-11-13-16(14-12-15)17-9-6-7-10-18(17)23(29)30-24-19(21(26)27)20(25)22(28)31-24/h6-7,9-10,15-16,21H,2-5,8,11-14H2,1H3. The Morgan fingerprint density at radius 1 is 1.10 bits per heavy atom. The maximum absolute atomic E-state index is 13.6. The molecule has 1 aliphatic carbocycles. The van der Waals surface area contributed by atoms with Crippen molar-refractivity contribution in [2.75, 3.05) is 0 Å². The molecule has 7 heteroatoms. The minimum atomic E-state index is -3.27. The van der Waals surface area contributed by atoms with E-state index in [1.165, 1.54) is 32.1 Å². The van der Waals surface area contributed by atoms with Gasteiger partial charge in [-0.05, 0) is 49.1 Å². The van der Waals surface area contributed by atoms with E-state index in [1.54, 1.807) is 12.1 Å². The first kappa shape index (κ1) is 23.8. The Labute approximate surface area is 184 Å². The highest BCUT2D eigenvalue weighted by Gasteiger charge is 2.30. The molecule has 170 valence electrons. The first-order valence-electron chi connectivity index (χ1n) is 11.0. The summed E-state index contributed by atoms with van der Waals surface area (Å²) in [5.41, 5.74) is -0.117. The van der Waals surface area contributed by atoms with Crippen molar-refractivity contribution in [2.24, 2.45) is 5.92 Å². The number of rotatable bonds is 9. The van der Waals surface area contributed by atoms with E-state index < -0.39 is 34.0 Å². The molecule has 0 unspecified atom stereocenters. The highest BCUT2D eigenvalue weighted by molar-refractivity contribution is 7.12. The van der Waals surface area contributed by atoms with Crippen molar-refractivity contribution in [3.05, 3.63) is 51.9 Å². The van der Waals surface area contributed by atoms with Crippen LogP contribution in [-0.2, 0) is 0 Å². The number of hydrogen-bond donors (Lipinski definition) is 0. The summed E-state index contributed by atoms with van der Waals surface area (Å²) in [5.74, 6) is -1.63. The van der Waals surface area contributed by atoms with Gasteiger partial charge in [0.15, 0.2) is 10.9 Å². The maximum Gasteiger partial charge on any atom is 0.344 e. The molecular formula is C24H28F4O2S. The molecule has 0 amide bonds. The van der Waals surface area contributed by atoms with Crippen molar-refractivity contribution in [1.29, 1.82) is 0 Å². The lowest BCUT2D eigenvalue weighted by Crippen LogP contribution is -2.18. The van der Waals surface area contributed by atoms with E-state index in [0.29, 0.717) is 5.92 Å². The molecular weight excluding hydrogens is 428 g/mol. The molecule has 2 aromatic rings. The third-order valence-corrected chi connectivity index (χ3v) is 7.00. The van der Waals surface area contributed by atoms with Gasteiger partial charge in [0.05, 0.1) is 5.56 Å². The van der Waals surface area contributed by atoms with E-state index in [4.69, 9.17) is 4.74 Å². The van der Waals surface area contributed by atoms with Crippen LogP contribution in [0, 0.1) is 16.9 Å². The molecule has 31 heavy (non-hydrogen) atoms. The second-order valence-corrected chi connectivity index (χ2v) is 9.17. The van der Waals surface area contributed by atoms with Crippen LogP contribution in [0.5, 0.6) is 5.06 Å². The first-order chi connectivity index (χ1) is 14.9. The van der Waals surface area contributed by atoms with Crippen molar-refractivity contribution < 1.29 is 27.1 Å². The van der Waals surface area contributed by atoms with E-state index >= 15 is 0 Å². The second-order valence-electron chi connectivity index (χ2n) is 8.24. The number of carbonyl (C=O) groups is 1. The van der Waals surface area contributed by atoms with Gasteiger partial charge in [-0.1, -0.05) is 68.6 Å². The molecule has 1 fully saturated rings. The van der Waals surface area contributed by atoms with Crippen LogP contribution in [0.2, 0.25) is 0 Å². The molecule has 1 aliphatic rings. The first-order valence-corrected chi connectivity index (χ1v) is 11.8. The highest BCUT2D eigenvalue weighted by atomic mass is 32.1. The zero-order valence-corrected chi connectivity index (χ0v) is 18.5. The van der Waals surface area contributed by atoms with Crippen molar-refractivity contribution in [3.8, 4) is 5.06 Å². The van der Waals surface area contributed by atoms with Crippen LogP contribution in [0.15, 0.2) is 24.3 Å². The van der Waals surface area contributed by atoms with E-state index in [0.717, 1.165) is 31.2 Å². The van der Waals surface area contributed by atoms with Gasteiger partial charge in [0.2, 0.25) is 5.13 Å². The van der Waals surface area contributed by atoms with Gasteiger partial charge in [0, 0.05) is 0 Å². The van der Waals surface area contributed by atoms with E-state index in [1.807, 2.05) is 12.1 Å². The van der Waals surface area contributed by atoms with E-state index in [9.17, 15) is 22.4 Å². The zero-order valence-electron chi connectivity index (χ0n) is 17.6. The number of alkyl halides is 2. The molecule has 0 atom stereocenters. The van der Waals surface area contributed by atoms with Crippen LogP contribution in [0.25, 0.3) is 0 Å². The summed E-state index contributed by atoms with van der Waals surface area (Å²) in [4.78, 5) is 12.7. The fourth-order valence-corrected chi connectivity index (χ4v) is 5.21. The molecule has 0 spiro atoms. The normalized spacial score (nSPS) is 19.0. The van der Waals surface area contributed by atoms with Crippen LogP contribution >= 0.6 is 11.3 Å². The number of esters is 1. The minimum Gasteiger partial charge on any atom is -0.411 e. The smallest absolute Gasteiger partial charge is 0.344 e. The average Bonchev–Trinajstić information content (AvgIpc) is 3.04. The summed E-state index contributed by atoms with van der Waals surface area (Å²) in [6, 6.07) is 6.93. The zero-order chi connectivity index (χ0) is 22.4. The molecule has 0 radical (unpaired) electrons. The third-order valence-electron chi connectivity index (χ3n) is 6.15. The summed E-state index contributed by atoms with van der Waals surface area (Å²) in [5, 5.41) is -2.13. The lowest BCUT2D eigenvalue weighted by molar-refractivity contribution is 0.0726. The number of carbonyl (C=O) groups excluding carboxylic acids is 1. The Kier molecular flexibility index (Phi) is 8.52. The number of unbranched alkanes of at least 4 members (excludes halogenated alkanes) is 3. The highest BCUT2D eigenvalue weighted by Crippen LogP contribution is 2.41. The van der Waals surface area contributed by atoms with Crippen molar-refractivity contribution in [1.82, 2.24) is 0 Å². The molecule has 3 rings (SSSR count). The summed E-state index contributed by atoms with van der Waals surface area (Å²) < 4.78 is 58.3. The number of ether oxygens (including phenoxy) is 1. The van der Waals surface area contributed by atoms with Crippen LogP contribution in [-0.4, -0.2) is 5.97 Å². The molecule has 0 N–H and O–H groups in total. The molecule has 2 nitrogen and oxygen atoms in total. The second kappa shape index (κ2) is 11.1. The summed E-state index contributed by atoms with van der Waals surface area (Å²) >= 11 is 0.0803. The summed E-state index contributed by atoms with van der Waals surface area (Å²) in [6.45, 7) is 2.20. The minimum absolute atomic E-state index is 0.0803. The van der Waals surface area contributed by atoms with Gasteiger partial charge in [-0.25, -0.2) is 18.0 Å². The lowest BCUT2D eigenvalue weighted by atomic mass is 9.76. The summed E-state index contributed by atoms with van der Waals surface area (Å²) in [7, 11) is 0. The molecule has 1 saturated carbocycles. The fraction of sp³-hybridized carbons (Fsp3) is 0.542. The van der Waals surface area contributed by atoms with Crippen LogP contribution < -0.4 is 4.74 Å². The van der Waals surface area contributed by atoms with Crippen molar-refractivity contribution in [2.45, 2.75) is 77.1 Å². The fourth-order valence-electron chi connectivity index (χ4n) is 4.44. The van der Waals surface area contributed by atoms with Gasteiger partial charge in [-0.2, -0.15) is 4.39 Å². The van der Waals surface area contributed by atoms with Gasteiger partial charge in [-0.15, -0.1) is 0 Å². The predicted molar refractivity (Wildman–Crippen MR) is 114 cm³/mol. The Hall–Kier alpha value is -1.89. The maximum atomic E-state index is 13.6. The molecule has 0 saturated heterocycles. The van der Waals surface area contributed by atoms with Crippen LogP contribution in [0.1, 0.15) is 98.5 Å². The van der Waals surface area contributed by atoms with Gasteiger partial charge in [-0.3, -0.25) is 0 Å². The monoisotopic (exact) mass is 456 g/mol. The lowest BCUT2D eigenvalue weighted by Gasteiger charge is -2.29. The largest absolute Gasteiger partial charge is 0.411 e. The predicted octanol–water partition coefficient (Wildman–Crippen LogP) is 8.43. The van der Waals surface area contributed by atoms with Crippen molar-refractivity contribution >= 4 is 17.3 Å². The van der Waals surface area contributed by atoms with Crippen LogP contribution in [0.3, 0.4) is 0 Å². The Morgan fingerprint density at radius 2 is 1.81 bits per heavy atom. The third kappa shape index (κ3) is 5.88. The van der Waals surface area contributed by atoms with E-state index in [2.05, 4.69) is 6.92 Å². The topological polar surface area (TPSA) is 26.3 Å². The Balaban J connectivity index is 1.68. The number of halogens is 4. The van der Waals surface area contributed by atoms with E-state index in [-0.39, 0.29) is 22.8 Å². The molecule has 1 aromatic heterocycles. The quantitative estimate of drug-likeness (QED) is 0.215. The summed E-state index contributed by atoms with van der Waals surface area (Å²) in [6.07, 6.45) is 7.09. The molecule has 1 heterocycles. The van der Waals surface area contributed by atoms with Gasteiger partial charge < -0.3 is 4.74 Å². The Morgan fingerprint density at radius 3 is 2.48 bits per heavy atom. The average molecular weight is 457 g/mol. The number of benzene rings is 1. The number of thiophene rings is 1. The van der Waals surface area contributed by atoms with Gasteiger partial charge in [0.25, 0.3) is 6.43 Å². The number of hydrogen-bond acceptors (Lipinski definition) is 3. The Bertz CT molecular complexity index is 872. The van der Waals surface area contributed by atoms with Crippen molar-refractivity contribution in [3.63, 3.8) is 0 Å². The van der Waals surface area contributed by atoms with Crippen LogP contribution in [0.4, 0.5) is 17.6 Å². The molecule has 1 aromatic carbocycles. The molecule has 0 bridgehead atoms. The van der Waals surface area contributed by atoms with Gasteiger partial charge in [0.1, 0.15) is 5.56 Å².